The first kappa shape index (κ1) is 23.7. The lowest BCUT2D eigenvalue weighted by molar-refractivity contribution is -0.121. The van der Waals surface area contributed by atoms with E-state index in [-0.39, 0.29) is 24.9 Å². The molecule has 0 aliphatic carbocycles. The van der Waals surface area contributed by atoms with E-state index in [1.54, 1.807) is 24.3 Å². The summed E-state index contributed by atoms with van der Waals surface area (Å²) in [6.45, 7) is 4.50. The van der Waals surface area contributed by atoms with Gasteiger partial charge in [0.15, 0.2) is 0 Å². The highest BCUT2D eigenvalue weighted by Crippen LogP contribution is 2.30. The maximum absolute atomic E-state index is 12.3. The average molecular weight is 433 g/mol. The maximum atomic E-state index is 12.3. The van der Waals surface area contributed by atoms with E-state index in [1.165, 1.54) is 16.1 Å². The van der Waals surface area contributed by atoms with Gasteiger partial charge < -0.3 is 10.1 Å². The van der Waals surface area contributed by atoms with Gasteiger partial charge in [-0.1, -0.05) is 42.5 Å². The fourth-order valence-electron chi connectivity index (χ4n) is 3.24. The third-order valence-corrected chi connectivity index (χ3v) is 5.90. The Morgan fingerprint density at radius 1 is 1.10 bits per heavy atom. The Bertz CT molecular complexity index is 900. The molecule has 1 amide bonds. The summed E-state index contributed by atoms with van der Waals surface area (Å²) in [5.41, 5.74) is 1.74. The number of benzene rings is 2. The van der Waals surface area contributed by atoms with Gasteiger partial charge in [-0.15, -0.1) is 0 Å². The molecule has 0 heterocycles. The molecule has 0 unspecified atom stereocenters. The molecular formula is C23H32N2O4S. The van der Waals surface area contributed by atoms with Gasteiger partial charge in [0.1, 0.15) is 5.75 Å². The van der Waals surface area contributed by atoms with Crippen molar-refractivity contribution < 1.29 is 17.9 Å². The minimum absolute atomic E-state index is 0.0578. The van der Waals surface area contributed by atoms with E-state index in [1.807, 2.05) is 32.0 Å². The predicted octanol–water partition coefficient (Wildman–Crippen LogP) is 3.77. The molecule has 2 aromatic carbocycles. The van der Waals surface area contributed by atoms with Gasteiger partial charge in [-0.25, -0.2) is 8.42 Å². The monoisotopic (exact) mass is 432 g/mol. The molecule has 2 rings (SSSR count). The summed E-state index contributed by atoms with van der Waals surface area (Å²) in [7, 11) is -3.50. The standard InChI is InChI=1S/C23H32N2O4S/c1-4-29-22-14-9-8-13-21(22)25(30(3,27)28)18-10-15-23(26)24-19(2)16-17-20-11-6-5-7-12-20/h5-9,11-14,19H,4,10,15-18H2,1-3H3,(H,24,26)/t19-/m1/s1. The van der Waals surface area contributed by atoms with E-state index in [2.05, 4.69) is 17.4 Å². The quantitative estimate of drug-likeness (QED) is 0.554. The maximum Gasteiger partial charge on any atom is 0.232 e. The lowest BCUT2D eigenvalue weighted by atomic mass is 10.1. The molecule has 0 saturated carbocycles. The van der Waals surface area contributed by atoms with E-state index in [0.29, 0.717) is 24.5 Å². The molecule has 1 N–H and O–H groups in total. The van der Waals surface area contributed by atoms with Gasteiger partial charge in [-0.05, 0) is 50.8 Å². The summed E-state index contributed by atoms with van der Waals surface area (Å²) in [5, 5.41) is 3.00. The van der Waals surface area contributed by atoms with E-state index < -0.39 is 10.0 Å². The molecule has 0 aromatic heterocycles. The zero-order valence-corrected chi connectivity index (χ0v) is 18.8. The van der Waals surface area contributed by atoms with Gasteiger partial charge in [0, 0.05) is 19.0 Å². The number of rotatable bonds is 12. The zero-order chi connectivity index (χ0) is 22.0. The van der Waals surface area contributed by atoms with Crippen molar-refractivity contribution in [2.75, 3.05) is 23.7 Å². The SMILES string of the molecule is CCOc1ccccc1N(CCCC(=O)N[C@H](C)CCc1ccccc1)S(C)(=O)=O. The Morgan fingerprint density at radius 2 is 1.77 bits per heavy atom. The molecule has 6 nitrogen and oxygen atoms in total. The van der Waals surface area contributed by atoms with Crippen LogP contribution in [0.5, 0.6) is 5.75 Å². The molecule has 2 aromatic rings. The van der Waals surface area contributed by atoms with Gasteiger partial charge >= 0.3 is 0 Å². The van der Waals surface area contributed by atoms with Crippen LogP contribution in [0.2, 0.25) is 0 Å². The molecule has 0 fully saturated rings. The third-order valence-electron chi connectivity index (χ3n) is 4.72. The van der Waals surface area contributed by atoms with E-state index in [0.717, 1.165) is 12.8 Å². The molecule has 0 aliphatic rings. The van der Waals surface area contributed by atoms with Crippen molar-refractivity contribution in [2.45, 2.75) is 45.6 Å². The van der Waals surface area contributed by atoms with Crippen molar-refractivity contribution in [3.63, 3.8) is 0 Å². The van der Waals surface area contributed by atoms with Crippen LogP contribution in [0.3, 0.4) is 0 Å². The lowest BCUT2D eigenvalue weighted by Crippen LogP contribution is -2.35. The number of para-hydroxylation sites is 2. The normalized spacial score (nSPS) is 12.2. The number of nitrogens with one attached hydrogen (secondary N) is 1. The van der Waals surface area contributed by atoms with Crippen molar-refractivity contribution in [3.05, 3.63) is 60.2 Å². The summed E-state index contributed by atoms with van der Waals surface area (Å²) >= 11 is 0. The van der Waals surface area contributed by atoms with Crippen LogP contribution in [-0.4, -0.2) is 39.8 Å². The van der Waals surface area contributed by atoms with Gasteiger partial charge in [-0.2, -0.15) is 0 Å². The van der Waals surface area contributed by atoms with E-state index >= 15 is 0 Å². The summed E-state index contributed by atoms with van der Waals surface area (Å²) < 4.78 is 31.5. The van der Waals surface area contributed by atoms with Crippen LogP contribution in [0.1, 0.15) is 38.7 Å². The highest BCUT2D eigenvalue weighted by atomic mass is 32.2. The molecule has 0 spiro atoms. The number of sulfonamides is 1. The highest BCUT2D eigenvalue weighted by Gasteiger charge is 2.21. The summed E-state index contributed by atoms with van der Waals surface area (Å²) in [6, 6.07) is 17.3. The second-order valence-electron chi connectivity index (χ2n) is 7.33. The van der Waals surface area contributed by atoms with Gasteiger partial charge in [0.2, 0.25) is 15.9 Å². The Kier molecular flexibility index (Phi) is 9.17. The number of aryl methyl sites for hydroxylation is 1. The molecule has 7 heteroatoms. The summed E-state index contributed by atoms with van der Waals surface area (Å²) in [5.74, 6) is 0.450. The second-order valence-corrected chi connectivity index (χ2v) is 9.24. The molecule has 30 heavy (non-hydrogen) atoms. The van der Waals surface area contributed by atoms with Crippen molar-refractivity contribution in [1.29, 1.82) is 0 Å². The number of amides is 1. The predicted molar refractivity (Wildman–Crippen MR) is 121 cm³/mol. The van der Waals surface area contributed by atoms with Crippen molar-refractivity contribution >= 4 is 21.6 Å². The van der Waals surface area contributed by atoms with Gasteiger partial charge in [0.25, 0.3) is 0 Å². The molecule has 0 radical (unpaired) electrons. The van der Waals surface area contributed by atoms with E-state index in [4.69, 9.17) is 4.74 Å². The van der Waals surface area contributed by atoms with Crippen LogP contribution in [0.15, 0.2) is 54.6 Å². The first-order valence-corrected chi connectivity index (χ1v) is 12.2. The Balaban J connectivity index is 1.87. The van der Waals surface area contributed by atoms with Crippen molar-refractivity contribution in [3.8, 4) is 5.75 Å². The number of hydrogen-bond acceptors (Lipinski definition) is 4. The molecule has 0 aliphatic heterocycles. The number of nitrogens with zero attached hydrogens (tertiary/aromatic N) is 1. The molecule has 0 saturated heterocycles. The summed E-state index contributed by atoms with van der Waals surface area (Å²) in [4.78, 5) is 12.3. The van der Waals surface area contributed by atoms with Crippen LogP contribution in [0.4, 0.5) is 5.69 Å². The molecule has 1 atom stereocenters. The molecular weight excluding hydrogens is 400 g/mol. The number of anilines is 1. The number of ether oxygens (including phenoxy) is 1. The van der Waals surface area contributed by atoms with Crippen LogP contribution in [-0.2, 0) is 21.2 Å². The minimum atomic E-state index is -3.50. The summed E-state index contributed by atoms with van der Waals surface area (Å²) in [6.07, 6.45) is 3.61. The van der Waals surface area contributed by atoms with Crippen LogP contribution < -0.4 is 14.4 Å². The smallest absolute Gasteiger partial charge is 0.232 e. The van der Waals surface area contributed by atoms with E-state index in [9.17, 15) is 13.2 Å². The Labute approximate surface area is 180 Å². The van der Waals surface area contributed by atoms with Crippen LogP contribution >= 0.6 is 0 Å². The first-order chi connectivity index (χ1) is 14.3. The number of carbonyl (C=O) groups is 1. The number of hydrogen-bond donors (Lipinski definition) is 1. The lowest BCUT2D eigenvalue weighted by Gasteiger charge is -2.24. The topological polar surface area (TPSA) is 75.7 Å². The Hall–Kier alpha value is -2.54. The Morgan fingerprint density at radius 3 is 2.43 bits per heavy atom. The third kappa shape index (κ3) is 7.71. The first-order valence-electron chi connectivity index (χ1n) is 10.3. The van der Waals surface area contributed by atoms with Crippen molar-refractivity contribution in [1.82, 2.24) is 5.32 Å². The van der Waals surface area contributed by atoms with Gasteiger partial charge in [0.05, 0.1) is 18.6 Å². The number of carbonyl (C=O) groups excluding carboxylic acids is 1. The molecule has 164 valence electrons. The van der Waals surface area contributed by atoms with Crippen molar-refractivity contribution in [2.24, 2.45) is 0 Å². The second kappa shape index (κ2) is 11.6. The fraction of sp³-hybridized carbons (Fsp3) is 0.435. The fourth-order valence-corrected chi connectivity index (χ4v) is 4.20. The average Bonchev–Trinajstić information content (AvgIpc) is 2.70. The van der Waals surface area contributed by atoms with Crippen LogP contribution in [0, 0.1) is 0 Å². The largest absolute Gasteiger partial charge is 0.492 e. The highest BCUT2D eigenvalue weighted by molar-refractivity contribution is 7.92. The minimum Gasteiger partial charge on any atom is -0.492 e. The van der Waals surface area contributed by atoms with Gasteiger partial charge in [-0.3, -0.25) is 9.10 Å². The van der Waals surface area contributed by atoms with Crippen LogP contribution in [0.25, 0.3) is 0 Å². The molecule has 0 bridgehead atoms. The zero-order valence-electron chi connectivity index (χ0n) is 18.0.